The van der Waals surface area contributed by atoms with Crippen LogP contribution in [-0.4, -0.2) is 28.3 Å². The van der Waals surface area contributed by atoms with Crippen LogP contribution in [0.5, 0.6) is 0 Å². The normalized spacial score (nSPS) is 12.0. The quantitative estimate of drug-likeness (QED) is 0.442. The van der Waals surface area contributed by atoms with Crippen LogP contribution in [0.3, 0.4) is 0 Å². The topological polar surface area (TPSA) is 89.6 Å². The smallest absolute Gasteiger partial charge is 0.391 e. The van der Waals surface area contributed by atoms with Crippen LogP contribution >= 0.6 is 0 Å². The average molecular weight is 432 g/mol. The van der Waals surface area contributed by atoms with E-state index in [0.29, 0.717) is 17.9 Å². The van der Waals surface area contributed by atoms with E-state index in [1.54, 1.807) is 6.92 Å². The maximum atomic E-state index is 12.5. The maximum Gasteiger partial charge on any atom is 0.471 e. The molecule has 31 heavy (non-hydrogen) atoms. The van der Waals surface area contributed by atoms with E-state index in [4.69, 9.17) is 4.84 Å². The number of carbonyl (C=O) groups is 1. The summed E-state index contributed by atoms with van der Waals surface area (Å²) >= 11 is 0. The zero-order chi connectivity index (χ0) is 22.4. The van der Waals surface area contributed by atoms with Crippen molar-refractivity contribution < 1.29 is 27.3 Å². The van der Waals surface area contributed by atoms with Crippen LogP contribution in [-0.2, 0) is 17.6 Å². The molecule has 10 heteroatoms. The molecule has 1 amide bonds. The first-order valence-electron chi connectivity index (χ1n) is 9.23. The highest BCUT2D eigenvalue weighted by Crippen LogP contribution is 2.29. The zero-order valence-electron chi connectivity index (χ0n) is 16.7. The molecule has 0 bridgehead atoms. The fraction of sp³-hybridized carbons (Fsp3) is 0.238. The van der Waals surface area contributed by atoms with Gasteiger partial charge in [0.25, 0.3) is 5.91 Å². The lowest BCUT2D eigenvalue weighted by atomic mass is 10.1. The van der Waals surface area contributed by atoms with Gasteiger partial charge in [0, 0.05) is 11.1 Å². The fourth-order valence-corrected chi connectivity index (χ4v) is 2.47. The third-order valence-electron chi connectivity index (χ3n) is 4.15. The molecule has 1 aromatic heterocycles. The van der Waals surface area contributed by atoms with Gasteiger partial charge in [0.2, 0.25) is 5.82 Å². The summed E-state index contributed by atoms with van der Waals surface area (Å²) in [7, 11) is 0. The number of oxime groups is 1. The largest absolute Gasteiger partial charge is 0.471 e. The Bertz CT molecular complexity index is 1060. The minimum absolute atomic E-state index is 0.175. The van der Waals surface area contributed by atoms with Gasteiger partial charge in [0.1, 0.15) is 6.61 Å². The van der Waals surface area contributed by atoms with Gasteiger partial charge < -0.3 is 14.7 Å². The Morgan fingerprint density at radius 3 is 2.42 bits per heavy atom. The average Bonchev–Trinajstić information content (AvgIpc) is 3.24. The molecule has 0 unspecified atom stereocenters. The molecule has 2 aromatic carbocycles. The standard InChI is InChI=1S/C21H19F3N4O3/c1-13-3-5-15(6-4-13)12-30-27-14(2)11-25-19(29)17-9-7-16(8-10-17)18-26-20(31-28-18)21(22,23)24/h3-10H,11-12H2,1-2H3,(H,25,29)/b27-14-. The Morgan fingerprint density at radius 1 is 1.13 bits per heavy atom. The van der Waals surface area contributed by atoms with Crippen LogP contribution in [0, 0.1) is 6.92 Å². The molecular weight excluding hydrogens is 413 g/mol. The van der Waals surface area contributed by atoms with Gasteiger partial charge in [-0.1, -0.05) is 52.3 Å². The Morgan fingerprint density at radius 2 is 1.81 bits per heavy atom. The maximum absolute atomic E-state index is 12.5. The first-order valence-corrected chi connectivity index (χ1v) is 9.23. The summed E-state index contributed by atoms with van der Waals surface area (Å²) < 4.78 is 41.8. The van der Waals surface area contributed by atoms with E-state index in [-0.39, 0.29) is 23.8 Å². The second-order valence-corrected chi connectivity index (χ2v) is 6.77. The van der Waals surface area contributed by atoms with Crippen molar-refractivity contribution in [1.29, 1.82) is 0 Å². The molecule has 0 saturated carbocycles. The molecular formula is C21H19F3N4O3. The third-order valence-corrected chi connectivity index (χ3v) is 4.15. The summed E-state index contributed by atoms with van der Waals surface area (Å²) in [6.45, 7) is 4.21. The lowest BCUT2D eigenvalue weighted by Gasteiger charge is -2.06. The van der Waals surface area contributed by atoms with Gasteiger partial charge >= 0.3 is 12.1 Å². The van der Waals surface area contributed by atoms with E-state index in [9.17, 15) is 18.0 Å². The number of benzene rings is 2. The molecule has 0 saturated heterocycles. The number of hydrogen-bond acceptors (Lipinski definition) is 6. The van der Waals surface area contributed by atoms with E-state index in [1.165, 1.54) is 24.3 Å². The lowest BCUT2D eigenvalue weighted by Crippen LogP contribution is -2.28. The predicted molar refractivity (Wildman–Crippen MR) is 106 cm³/mol. The summed E-state index contributed by atoms with van der Waals surface area (Å²) in [6, 6.07) is 13.6. The van der Waals surface area contributed by atoms with Gasteiger partial charge in [0.15, 0.2) is 0 Å². The number of aromatic nitrogens is 2. The number of alkyl halides is 3. The summed E-state index contributed by atoms with van der Waals surface area (Å²) in [4.78, 5) is 20.8. The molecule has 1 N–H and O–H groups in total. The SMILES string of the molecule is C/C(CNC(=O)c1ccc(-c2noc(C(F)(F)F)n2)cc1)=N/OCc1ccc(C)cc1. The van der Waals surface area contributed by atoms with Crippen LogP contribution in [0.4, 0.5) is 13.2 Å². The van der Waals surface area contributed by atoms with Gasteiger partial charge in [-0.2, -0.15) is 18.2 Å². The molecule has 162 valence electrons. The first kappa shape index (κ1) is 22.0. The molecule has 0 fully saturated rings. The van der Waals surface area contributed by atoms with Gasteiger partial charge in [-0.3, -0.25) is 4.79 Å². The number of aryl methyl sites for hydroxylation is 1. The van der Waals surface area contributed by atoms with Crippen molar-refractivity contribution in [3.8, 4) is 11.4 Å². The molecule has 0 aliphatic carbocycles. The van der Waals surface area contributed by atoms with Crippen molar-refractivity contribution in [2.45, 2.75) is 26.6 Å². The Hall–Kier alpha value is -3.69. The van der Waals surface area contributed by atoms with Crippen molar-refractivity contribution in [3.05, 3.63) is 71.1 Å². The summed E-state index contributed by atoms with van der Waals surface area (Å²) in [5, 5.41) is 9.96. The highest BCUT2D eigenvalue weighted by molar-refractivity contribution is 5.97. The van der Waals surface area contributed by atoms with Crippen LogP contribution in [0.1, 0.15) is 34.3 Å². The van der Waals surface area contributed by atoms with Crippen molar-refractivity contribution in [2.75, 3.05) is 6.54 Å². The number of amides is 1. The van der Waals surface area contributed by atoms with Crippen molar-refractivity contribution in [3.63, 3.8) is 0 Å². The summed E-state index contributed by atoms with van der Waals surface area (Å²) in [6.07, 6.45) is -4.71. The van der Waals surface area contributed by atoms with E-state index in [2.05, 4.69) is 25.1 Å². The van der Waals surface area contributed by atoms with Crippen LogP contribution in [0.2, 0.25) is 0 Å². The number of hydrogen-bond donors (Lipinski definition) is 1. The Balaban J connectivity index is 1.51. The molecule has 0 aliphatic rings. The molecule has 0 aliphatic heterocycles. The summed E-state index contributed by atoms with van der Waals surface area (Å²) in [5.41, 5.74) is 3.32. The zero-order valence-corrected chi connectivity index (χ0v) is 16.7. The van der Waals surface area contributed by atoms with Crippen molar-refractivity contribution in [2.24, 2.45) is 5.16 Å². The molecule has 1 heterocycles. The Labute approximate surface area is 175 Å². The predicted octanol–water partition coefficient (Wildman–Crippen LogP) is 4.39. The van der Waals surface area contributed by atoms with Gasteiger partial charge in [-0.15, -0.1) is 0 Å². The molecule has 0 atom stereocenters. The van der Waals surface area contributed by atoms with Gasteiger partial charge in [-0.05, 0) is 31.5 Å². The Kier molecular flexibility index (Phi) is 6.68. The monoisotopic (exact) mass is 432 g/mol. The first-order chi connectivity index (χ1) is 14.7. The van der Waals surface area contributed by atoms with Crippen LogP contribution in [0.25, 0.3) is 11.4 Å². The lowest BCUT2D eigenvalue weighted by molar-refractivity contribution is -0.159. The third kappa shape index (κ3) is 6.14. The molecule has 0 spiro atoms. The van der Waals surface area contributed by atoms with Crippen molar-refractivity contribution >= 4 is 11.6 Å². The second kappa shape index (κ2) is 9.41. The minimum atomic E-state index is -4.71. The highest BCUT2D eigenvalue weighted by Gasteiger charge is 2.38. The minimum Gasteiger partial charge on any atom is -0.391 e. The molecule has 0 radical (unpaired) electrons. The fourth-order valence-electron chi connectivity index (χ4n) is 2.47. The van der Waals surface area contributed by atoms with Gasteiger partial charge in [-0.25, -0.2) is 0 Å². The molecule has 7 nitrogen and oxygen atoms in total. The number of rotatable bonds is 7. The van der Waals surface area contributed by atoms with Crippen LogP contribution < -0.4 is 5.32 Å². The summed E-state index contributed by atoms with van der Waals surface area (Å²) in [5.74, 6) is -2.01. The van der Waals surface area contributed by atoms with Gasteiger partial charge in [0.05, 0.1) is 12.3 Å². The molecule has 3 aromatic rings. The highest BCUT2D eigenvalue weighted by atomic mass is 19.4. The van der Waals surface area contributed by atoms with Crippen LogP contribution in [0.15, 0.2) is 58.2 Å². The van der Waals surface area contributed by atoms with E-state index in [0.717, 1.165) is 11.1 Å². The number of carbonyl (C=O) groups excluding carboxylic acids is 1. The van der Waals surface area contributed by atoms with Crippen molar-refractivity contribution in [1.82, 2.24) is 15.5 Å². The van der Waals surface area contributed by atoms with E-state index in [1.807, 2.05) is 31.2 Å². The number of halogens is 3. The second-order valence-electron chi connectivity index (χ2n) is 6.77. The number of nitrogens with one attached hydrogen (secondary N) is 1. The number of nitrogens with zero attached hydrogens (tertiary/aromatic N) is 3. The molecule has 3 rings (SSSR count). The van der Waals surface area contributed by atoms with E-state index < -0.39 is 12.1 Å². The van der Waals surface area contributed by atoms with E-state index >= 15 is 0 Å².